The third-order valence-electron chi connectivity index (χ3n) is 26.5. The molecule has 0 aromatic rings. The lowest BCUT2D eigenvalue weighted by Crippen LogP contribution is -2.29. The number of aliphatic hydroxyl groups is 3. The van der Waals surface area contributed by atoms with Gasteiger partial charge in [0.25, 0.3) is 0 Å². The van der Waals surface area contributed by atoms with Crippen molar-refractivity contribution in [1.29, 1.82) is 0 Å². The van der Waals surface area contributed by atoms with Crippen LogP contribution < -0.4 is 5.32 Å². The largest absolute Gasteiger partial charge is 0.466 e. The Morgan fingerprint density at radius 3 is 0.603 bits per heavy atom. The van der Waals surface area contributed by atoms with Crippen LogP contribution in [0.4, 0.5) is 0 Å². The molecule has 0 aliphatic heterocycles. The molecule has 16 nitrogen and oxygen atoms in total. The van der Waals surface area contributed by atoms with Gasteiger partial charge in [-0.05, 0) is 187 Å². The lowest BCUT2D eigenvalue weighted by molar-refractivity contribution is -0.151. The van der Waals surface area contributed by atoms with Gasteiger partial charge in [-0.3, -0.25) is 24.0 Å². The molecule has 0 atom stereocenters. The van der Waals surface area contributed by atoms with Gasteiger partial charge in [0.05, 0.1) is 33.0 Å². The zero-order valence-electron chi connectivity index (χ0n) is 89.1. The SMILES string of the molecule is CCCCCCCCC(CCCCCCCC)OC(=O)CCCCCCCNCCO.CCCCCCCCCCCOC(=O)CCCCCN(CCO)CCCCCCCC(=O)OC(CCCCCCCC)CCCCCCCC.CCCCCCCCCOC(=O)CCCCCCCN(CCO)CCCCCCCC(=O)OC(CCCCCCCC)CCCCCCCC. The molecule has 4 N–H and O–H groups in total. The molecule has 0 rings (SSSR count). The third kappa shape index (κ3) is 111. The molecule has 131 heavy (non-hydrogen) atoms. The number of ether oxygens (including phenoxy) is 5. The molecule has 0 unspecified atom stereocenters. The van der Waals surface area contributed by atoms with Gasteiger partial charge in [0.15, 0.2) is 0 Å². The molecule has 0 aromatic carbocycles. The average molecular weight is 1860 g/mol. The van der Waals surface area contributed by atoms with Gasteiger partial charge in [-0.15, -0.1) is 0 Å². The van der Waals surface area contributed by atoms with E-state index in [1.54, 1.807) is 0 Å². The number of hydrogen-bond donors (Lipinski definition) is 4. The van der Waals surface area contributed by atoms with Gasteiger partial charge in [-0.25, -0.2) is 0 Å². The van der Waals surface area contributed by atoms with Crippen LogP contribution in [0.1, 0.15) is 608 Å². The zero-order chi connectivity index (χ0) is 96.0. The van der Waals surface area contributed by atoms with Crippen LogP contribution in [0.3, 0.4) is 0 Å². The Labute approximate surface area is 814 Å². The molecule has 0 spiro atoms. The van der Waals surface area contributed by atoms with Crippen molar-refractivity contribution in [2.24, 2.45) is 0 Å². The van der Waals surface area contributed by atoms with E-state index in [1.165, 1.54) is 340 Å². The maximum absolute atomic E-state index is 12.7. The minimum Gasteiger partial charge on any atom is -0.466 e. The summed E-state index contributed by atoms with van der Waals surface area (Å²) in [6.45, 7) is 27.0. The van der Waals surface area contributed by atoms with Crippen molar-refractivity contribution >= 4 is 29.8 Å². The Balaban J connectivity index is -0.00000193. The number of carbonyl (C=O) groups excluding carboxylic acids is 5. The lowest BCUT2D eigenvalue weighted by Gasteiger charge is -2.21. The van der Waals surface area contributed by atoms with Crippen LogP contribution in [-0.4, -0.2) is 159 Å². The highest BCUT2D eigenvalue weighted by Crippen LogP contribution is 2.24. The Morgan fingerprint density at radius 2 is 0.382 bits per heavy atom. The predicted molar refractivity (Wildman–Crippen MR) is 561 cm³/mol. The normalized spacial score (nSPS) is 11.5. The van der Waals surface area contributed by atoms with E-state index in [9.17, 15) is 34.2 Å². The first-order chi connectivity index (χ1) is 64.4. The minimum atomic E-state index is -0.0498. The summed E-state index contributed by atoms with van der Waals surface area (Å²) in [4.78, 5) is 66.5. The van der Waals surface area contributed by atoms with Crippen LogP contribution in [0.25, 0.3) is 0 Å². The van der Waals surface area contributed by atoms with Crippen molar-refractivity contribution < 1.29 is 63.0 Å². The third-order valence-corrected chi connectivity index (χ3v) is 26.5. The molecule has 0 heterocycles. The van der Waals surface area contributed by atoms with E-state index in [2.05, 4.69) is 70.5 Å². The first-order valence-corrected chi connectivity index (χ1v) is 58.3. The maximum Gasteiger partial charge on any atom is 0.306 e. The number of nitrogens with zero attached hydrogens (tertiary/aromatic N) is 2. The van der Waals surface area contributed by atoms with Crippen LogP contribution in [-0.2, 0) is 47.7 Å². The van der Waals surface area contributed by atoms with Gasteiger partial charge in [-0.2, -0.15) is 0 Å². The summed E-state index contributed by atoms with van der Waals surface area (Å²) in [6, 6.07) is 0. The van der Waals surface area contributed by atoms with Crippen molar-refractivity contribution in [2.45, 2.75) is 626 Å². The summed E-state index contributed by atoms with van der Waals surface area (Å²) < 4.78 is 28.8. The van der Waals surface area contributed by atoms with Crippen molar-refractivity contribution in [3.8, 4) is 0 Å². The second-order valence-electron chi connectivity index (χ2n) is 39.6. The van der Waals surface area contributed by atoms with Gasteiger partial charge in [0, 0.05) is 51.7 Å². The number of rotatable bonds is 107. The van der Waals surface area contributed by atoms with Crippen molar-refractivity contribution in [3.05, 3.63) is 0 Å². The molecule has 0 fully saturated rings. The Bertz CT molecular complexity index is 2180. The van der Waals surface area contributed by atoms with E-state index in [0.29, 0.717) is 58.4 Å². The molecule has 0 amide bonds. The summed E-state index contributed by atoms with van der Waals surface area (Å²) in [5.74, 6) is -0.0398. The van der Waals surface area contributed by atoms with E-state index in [0.717, 1.165) is 219 Å². The molecule has 16 heteroatoms. The second-order valence-corrected chi connectivity index (χ2v) is 39.6. The average Bonchev–Trinajstić information content (AvgIpc) is 0.969. The molecule has 0 aliphatic carbocycles. The van der Waals surface area contributed by atoms with Gasteiger partial charge in [0.1, 0.15) is 18.3 Å². The topological polar surface area (TPSA) is 211 Å². The van der Waals surface area contributed by atoms with Crippen LogP contribution >= 0.6 is 0 Å². The minimum absolute atomic E-state index is 0.00755. The highest BCUT2D eigenvalue weighted by Gasteiger charge is 2.19. The standard InChI is InChI=1S/2C44H87NO5.C27H55NO3/c1-4-7-10-13-16-25-32-41-49-43(47)35-28-21-17-23-30-37-45(39-40-46)38-31-24-18-22-29-36-44(48)50-42(33-26-19-14-11-8-5-2)34-27-20-15-12-9-6-3;1-4-7-10-13-16-17-18-24-32-41-49-43(47)35-29-25-31-38-45(39-40-46)37-30-23-19-22-28-36-44(48)50-42(33-26-20-14-11-8-5-2)34-27-21-15-12-9-6-3;1-3-5-7-9-12-16-20-26(21-17-13-10-8-6-4-2)31-27(30)22-18-14-11-15-19-23-28-24-25-29/h2*42,46H,4-41H2,1-3H3;26,28-29H,3-25H2,1-2H3. The number of carbonyl (C=O) groups is 5. The fourth-order valence-corrected chi connectivity index (χ4v) is 17.8. The predicted octanol–water partition coefficient (Wildman–Crippen LogP) is 32.7. The van der Waals surface area contributed by atoms with Gasteiger partial charge < -0.3 is 54.1 Å². The van der Waals surface area contributed by atoms with Crippen molar-refractivity contribution in [2.75, 3.05) is 85.4 Å². The van der Waals surface area contributed by atoms with Gasteiger partial charge in [0.2, 0.25) is 0 Å². The molecule has 0 saturated carbocycles. The summed E-state index contributed by atoms with van der Waals surface area (Å²) in [6.07, 6.45) is 101. The summed E-state index contributed by atoms with van der Waals surface area (Å²) >= 11 is 0. The fraction of sp³-hybridized carbons (Fsp3) is 0.957. The maximum atomic E-state index is 12.7. The molecule has 782 valence electrons. The van der Waals surface area contributed by atoms with E-state index in [1.807, 2.05) is 0 Å². The van der Waals surface area contributed by atoms with Crippen molar-refractivity contribution in [3.63, 3.8) is 0 Å². The van der Waals surface area contributed by atoms with Gasteiger partial charge in [-0.1, -0.05) is 421 Å². The molecular formula is C115H229N3O13. The van der Waals surface area contributed by atoms with E-state index in [4.69, 9.17) is 28.8 Å². The first kappa shape index (κ1) is 132. The zero-order valence-corrected chi connectivity index (χ0v) is 89.1. The van der Waals surface area contributed by atoms with Crippen LogP contribution in [0.2, 0.25) is 0 Å². The van der Waals surface area contributed by atoms with Crippen molar-refractivity contribution in [1.82, 2.24) is 15.1 Å². The molecule has 0 bridgehead atoms. The van der Waals surface area contributed by atoms with Crippen LogP contribution in [0.15, 0.2) is 0 Å². The fourth-order valence-electron chi connectivity index (χ4n) is 17.8. The van der Waals surface area contributed by atoms with Crippen LogP contribution in [0, 0.1) is 0 Å². The summed E-state index contributed by atoms with van der Waals surface area (Å²) in [5, 5.41) is 31.0. The number of nitrogens with one attached hydrogen (secondary N) is 1. The Hall–Kier alpha value is -2.89. The van der Waals surface area contributed by atoms with Gasteiger partial charge >= 0.3 is 29.8 Å². The highest BCUT2D eigenvalue weighted by atomic mass is 16.6. The monoisotopic (exact) mass is 1860 g/mol. The smallest absolute Gasteiger partial charge is 0.306 e. The summed E-state index contributed by atoms with van der Waals surface area (Å²) in [7, 11) is 0. The quantitative estimate of drug-likeness (QED) is 0.0253. The number of aliphatic hydroxyl groups excluding tert-OH is 3. The number of esters is 5. The molecule has 0 saturated heterocycles. The van der Waals surface area contributed by atoms with E-state index < -0.39 is 0 Å². The first-order valence-electron chi connectivity index (χ1n) is 58.3. The molecular weight excluding hydrogens is 1630 g/mol. The molecule has 0 aromatic heterocycles. The molecule has 0 aliphatic rings. The molecule has 0 radical (unpaired) electrons. The second kappa shape index (κ2) is 116. The number of hydrogen-bond acceptors (Lipinski definition) is 16. The van der Waals surface area contributed by atoms with Crippen LogP contribution in [0.5, 0.6) is 0 Å². The lowest BCUT2D eigenvalue weighted by atomic mass is 10.0. The Morgan fingerprint density at radius 1 is 0.198 bits per heavy atom. The van der Waals surface area contributed by atoms with E-state index >= 15 is 0 Å². The summed E-state index contributed by atoms with van der Waals surface area (Å²) in [5.41, 5.74) is 0. The highest BCUT2D eigenvalue weighted by molar-refractivity contribution is 5.70. The number of unbranched alkanes of at least 4 members (excludes halogenated alkanes) is 62. The Kier molecular flexibility index (Phi) is 117. The van der Waals surface area contributed by atoms with E-state index in [-0.39, 0.29) is 68.0 Å².